The summed E-state index contributed by atoms with van der Waals surface area (Å²) in [5.41, 5.74) is 25.8. The van der Waals surface area contributed by atoms with Crippen LogP contribution in [0.25, 0.3) is 170 Å². The number of halogens is 1. The van der Waals surface area contributed by atoms with Gasteiger partial charge < -0.3 is 27.6 Å². The molecule has 0 aliphatic carbocycles. The number of hydrogen-bond donors (Lipinski definition) is 0. The zero-order valence-corrected chi connectivity index (χ0v) is 56.4. The lowest BCUT2D eigenvalue weighted by atomic mass is 9.95. The van der Waals surface area contributed by atoms with Gasteiger partial charge in [0.1, 0.15) is 17.0 Å². The topological polar surface area (TPSA) is 57.2 Å². The van der Waals surface area contributed by atoms with Gasteiger partial charge in [-0.05, 0) is 195 Å². The molecule has 16 aromatic carbocycles. The van der Waals surface area contributed by atoms with Crippen LogP contribution in [0.3, 0.4) is 0 Å². The number of fused-ring (bicyclic) bond motifs is 10. The molecule has 0 N–H and O–H groups in total. The Morgan fingerprint density at radius 1 is 0.276 bits per heavy atom. The first-order valence-corrected chi connectivity index (χ1v) is 35.5. The average Bonchev–Trinajstić information content (AvgIpc) is 1.53. The van der Waals surface area contributed by atoms with E-state index in [-0.39, 0.29) is 5.82 Å². The van der Waals surface area contributed by atoms with Crippen LogP contribution in [0.2, 0.25) is 0 Å². The Labute approximate surface area is 601 Å². The third-order valence-corrected chi connectivity index (χ3v) is 21.9. The highest BCUT2D eigenvalue weighted by molar-refractivity contribution is 6.35. The van der Waals surface area contributed by atoms with E-state index in [9.17, 15) is 9.65 Å². The van der Waals surface area contributed by atoms with Crippen LogP contribution in [0.15, 0.2) is 350 Å². The molecule has 8 heteroatoms. The summed E-state index contributed by atoms with van der Waals surface area (Å²) in [5, 5.41) is 23.3. The second kappa shape index (κ2) is 22.6. The minimum absolute atomic E-state index is 0.334. The van der Waals surface area contributed by atoms with Crippen LogP contribution in [0.5, 0.6) is 0 Å². The van der Waals surface area contributed by atoms with Crippen LogP contribution in [-0.2, 0) is 0 Å². The fourth-order valence-corrected chi connectivity index (χ4v) is 17.4. The van der Waals surface area contributed by atoms with Crippen molar-refractivity contribution in [3.8, 4) is 56.3 Å². The van der Waals surface area contributed by atoms with Crippen LogP contribution >= 0.6 is 0 Å². The summed E-state index contributed by atoms with van der Waals surface area (Å²) in [6.45, 7) is 0. The van der Waals surface area contributed by atoms with E-state index in [2.05, 4.69) is 326 Å². The first kappa shape index (κ1) is 58.5. The molecule has 0 unspecified atom stereocenters. The molecule has 105 heavy (non-hydrogen) atoms. The molecule has 22 rings (SSSR count). The fraction of sp³-hybridized carbons (Fsp3) is 0. The summed E-state index contributed by atoms with van der Waals surface area (Å²) in [7, 11) is 0. The predicted molar refractivity (Wildman–Crippen MR) is 433 cm³/mol. The summed E-state index contributed by atoms with van der Waals surface area (Å²) in [4.78, 5) is 4.61. The number of nitrogens with zero attached hydrogens (tertiary/aromatic N) is 6. The number of rotatable bonds is 11. The number of aromatic nitrogens is 3. The minimum atomic E-state index is -0.334. The van der Waals surface area contributed by atoms with Gasteiger partial charge in [-0.2, -0.15) is 5.26 Å². The van der Waals surface area contributed by atoms with Crippen molar-refractivity contribution in [3.05, 3.63) is 357 Å². The first-order valence-electron chi connectivity index (χ1n) is 35.5. The largest absolute Gasteiger partial charge is 0.456 e. The van der Waals surface area contributed by atoms with Gasteiger partial charge in [0.15, 0.2) is 0 Å². The summed E-state index contributed by atoms with van der Waals surface area (Å²) in [5.74, 6) is -0.334. The van der Waals surface area contributed by atoms with Gasteiger partial charge in [0.25, 0.3) is 0 Å². The molecular weight excluding hydrogens is 1280 g/mol. The lowest BCUT2D eigenvalue weighted by Crippen LogP contribution is -2.12. The maximum atomic E-state index is 15.0. The molecule has 0 saturated carbocycles. The van der Waals surface area contributed by atoms with Crippen LogP contribution in [0, 0.1) is 17.1 Å². The molecule has 6 heterocycles. The maximum absolute atomic E-state index is 15.0. The molecule has 488 valence electrons. The molecule has 0 aliphatic rings. The van der Waals surface area contributed by atoms with Crippen molar-refractivity contribution in [3.63, 3.8) is 0 Å². The standard InChI is InChI=1S/C97H57FN6O/c98-68-41-45-70(46-42-68)100(69-43-39-59(58-99)40-44-69)74-56-88-93-90(57-74)105-89-55-67(53-82(92(89)93)80-36-18-34-78-76-32-11-13-38-84(76)104(88)96(78)80)66-52-81-79-35-17-33-77-75-31-10-12-37-83(75)103(95(77)79)85-47-48-86(97-94(85)91(81)87(54-66)102(97)73-30-16-27-65(51-73)62-23-8-3-9-24-62)101(71-28-14-25-63(49-71)60-19-4-1-5-20-60)72-29-15-26-64(50-72)61-21-6-2-7-22-61/h1-57H. The fourth-order valence-electron chi connectivity index (χ4n) is 17.4. The Balaban J connectivity index is 0.892. The maximum Gasteiger partial charge on any atom is 0.139 e. The zero-order chi connectivity index (χ0) is 69.1. The van der Waals surface area contributed by atoms with Gasteiger partial charge in [0.2, 0.25) is 0 Å². The van der Waals surface area contributed by atoms with E-state index in [0.717, 1.165) is 188 Å². The Kier molecular flexibility index (Phi) is 12.6. The van der Waals surface area contributed by atoms with E-state index < -0.39 is 0 Å². The van der Waals surface area contributed by atoms with Crippen LogP contribution < -0.4 is 9.80 Å². The van der Waals surface area contributed by atoms with Gasteiger partial charge >= 0.3 is 0 Å². The average molecular weight is 1340 g/mol. The van der Waals surface area contributed by atoms with Crippen LogP contribution in [0.4, 0.5) is 38.5 Å². The van der Waals surface area contributed by atoms with Crippen molar-refractivity contribution >= 4 is 154 Å². The van der Waals surface area contributed by atoms with Crippen molar-refractivity contribution < 1.29 is 8.81 Å². The van der Waals surface area contributed by atoms with Gasteiger partial charge in [-0.25, -0.2) is 4.39 Å². The SMILES string of the molecule is N#Cc1ccc(N(c2ccc(F)cc2)c2cc3oc4cc(-c5cc6c7cccc8c9ccccc9n(c9ccc(N(c%10cccc(-c%11ccccc%11)c%10)c%10cccc(-c%11ccccc%11)c%10)c%10c9c6c(c5)n%10-c5cccc(-c6ccccc6)c5)c78)cc5c6cccc7c8ccccc8n(c(c2)c3c45)c67)cc1. The molecule has 0 amide bonds. The van der Waals surface area contributed by atoms with E-state index >= 15 is 0 Å². The summed E-state index contributed by atoms with van der Waals surface area (Å²) in [6, 6.07) is 126. The Hall–Kier alpha value is -14.3. The molecule has 0 spiro atoms. The van der Waals surface area contributed by atoms with Gasteiger partial charge in [-0.1, -0.05) is 200 Å². The smallest absolute Gasteiger partial charge is 0.139 e. The monoisotopic (exact) mass is 1340 g/mol. The second-order valence-electron chi connectivity index (χ2n) is 27.6. The van der Waals surface area contributed by atoms with E-state index in [1.54, 1.807) is 12.1 Å². The molecule has 0 bridgehead atoms. The predicted octanol–water partition coefficient (Wildman–Crippen LogP) is 26.6. The molecule has 0 radical (unpaired) electrons. The quantitative estimate of drug-likeness (QED) is 0.129. The molecule has 7 nitrogen and oxygen atoms in total. The van der Waals surface area contributed by atoms with Crippen molar-refractivity contribution in [2.45, 2.75) is 0 Å². The molecule has 6 aromatic heterocycles. The molecule has 0 saturated heterocycles. The number of benzene rings is 16. The molecular formula is C97H57FN6O. The summed E-state index contributed by atoms with van der Waals surface area (Å²) < 4.78 is 30.1. The zero-order valence-electron chi connectivity index (χ0n) is 56.4. The van der Waals surface area contributed by atoms with E-state index in [1.165, 1.54) is 22.9 Å². The van der Waals surface area contributed by atoms with Crippen LogP contribution in [0.1, 0.15) is 5.56 Å². The normalized spacial score (nSPS) is 12.0. The first-order chi connectivity index (χ1) is 51.9. The van der Waals surface area contributed by atoms with Crippen molar-refractivity contribution in [1.82, 2.24) is 13.4 Å². The van der Waals surface area contributed by atoms with Crippen LogP contribution in [-0.4, -0.2) is 13.4 Å². The Morgan fingerprint density at radius 3 is 1.34 bits per heavy atom. The number of furan rings is 1. The summed E-state index contributed by atoms with van der Waals surface area (Å²) >= 11 is 0. The van der Waals surface area contributed by atoms with Crippen molar-refractivity contribution in [1.29, 1.82) is 5.26 Å². The highest BCUT2D eigenvalue weighted by Gasteiger charge is 2.30. The highest BCUT2D eigenvalue weighted by Crippen LogP contribution is 2.53. The van der Waals surface area contributed by atoms with E-state index in [4.69, 9.17) is 4.42 Å². The Bertz CT molecular complexity index is 7270. The second-order valence-corrected chi connectivity index (χ2v) is 27.6. The Morgan fingerprint density at radius 2 is 0.752 bits per heavy atom. The van der Waals surface area contributed by atoms with E-state index in [0.29, 0.717) is 11.1 Å². The number of para-hydroxylation sites is 4. The third kappa shape index (κ3) is 8.77. The number of nitriles is 1. The van der Waals surface area contributed by atoms with E-state index in [1.807, 2.05) is 24.3 Å². The minimum Gasteiger partial charge on any atom is -0.456 e. The van der Waals surface area contributed by atoms with Crippen molar-refractivity contribution in [2.75, 3.05) is 9.80 Å². The lowest BCUT2D eigenvalue weighted by molar-refractivity contribution is 0.628. The molecule has 0 atom stereocenters. The van der Waals surface area contributed by atoms with Gasteiger partial charge in [-0.15, -0.1) is 0 Å². The third-order valence-electron chi connectivity index (χ3n) is 21.9. The molecule has 0 fully saturated rings. The molecule has 22 aromatic rings. The highest BCUT2D eigenvalue weighted by atomic mass is 19.1. The lowest BCUT2D eigenvalue weighted by Gasteiger charge is -2.28. The van der Waals surface area contributed by atoms with Crippen molar-refractivity contribution in [2.24, 2.45) is 0 Å². The number of anilines is 6. The summed E-state index contributed by atoms with van der Waals surface area (Å²) in [6.07, 6.45) is 0. The van der Waals surface area contributed by atoms with Gasteiger partial charge in [0.05, 0.1) is 72.5 Å². The van der Waals surface area contributed by atoms with Gasteiger partial charge in [0, 0.05) is 83.0 Å². The van der Waals surface area contributed by atoms with Gasteiger partial charge in [-0.3, -0.25) is 0 Å². The number of hydrogen-bond acceptors (Lipinski definition) is 4. The molecule has 0 aliphatic heterocycles.